The summed E-state index contributed by atoms with van der Waals surface area (Å²) in [6.07, 6.45) is 4.63. The highest BCUT2D eigenvalue weighted by atomic mass is 32.2. The topological polar surface area (TPSA) is 53.1 Å². The normalized spacial score (nSPS) is 16.5. The van der Waals surface area contributed by atoms with E-state index in [4.69, 9.17) is 9.40 Å². The molecule has 1 atom stereocenters. The molecule has 3 aromatic carbocycles. The molecular weight excluding hydrogens is 414 g/mol. The molecular formula is C27H25N3OS. The summed E-state index contributed by atoms with van der Waals surface area (Å²) < 4.78 is 6.19. The molecule has 1 aliphatic rings. The van der Waals surface area contributed by atoms with Crippen LogP contribution in [0.2, 0.25) is 0 Å². The summed E-state index contributed by atoms with van der Waals surface area (Å²) in [6, 6.07) is 23.1. The van der Waals surface area contributed by atoms with Crippen molar-refractivity contribution in [2.45, 2.75) is 37.2 Å². The summed E-state index contributed by atoms with van der Waals surface area (Å²) >= 11 is 1.74. The zero-order chi connectivity index (χ0) is 22.1. The third-order valence-corrected chi connectivity index (χ3v) is 7.17. The number of thioether (sulfide) groups is 1. The molecule has 0 unspecified atom stereocenters. The van der Waals surface area contributed by atoms with Gasteiger partial charge in [0, 0.05) is 23.0 Å². The number of likely N-dealkylation sites (tertiary alicyclic amines) is 1. The minimum absolute atomic E-state index is 0.494. The quantitative estimate of drug-likeness (QED) is 0.322. The van der Waals surface area contributed by atoms with Crippen LogP contribution in [0.4, 0.5) is 0 Å². The van der Waals surface area contributed by atoms with E-state index in [2.05, 4.69) is 36.3 Å². The number of fused-ring (bicyclic) bond motifs is 1. The molecule has 4 aromatic rings. The SMILES string of the molecule is CSc1cc2oc(-c3cccc(-c4ccccc4)c3C#N)nc2cc1CN1CCC[C@H]1C. The fourth-order valence-corrected chi connectivity index (χ4v) is 5.19. The largest absolute Gasteiger partial charge is 0.436 e. The summed E-state index contributed by atoms with van der Waals surface area (Å²) in [5.41, 5.74) is 6.10. The van der Waals surface area contributed by atoms with Crippen LogP contribution in [0, 0.1) is 11.3 Å². The van der Waals surface area contributed by atoms with E-state index in [0.717, 1.165) is 40.9 Å². The zero-order valence-electron chi connectivity index (χ0n) is 18.3. The van der Waals surface area contributed by atoms with E-state index in [9.17, 15) is 5.26 Å². The average Bonchev–Trinajstić information content (AvgIpc) is 3.43. The summed E-state index contributed by atoms with van der Waals surface area (Å²) in [7, 11) is 0. The van der Waals surface area contributed by atoms with Gasteiger partial charge in [0.15, 0.2) is 5.58 Å². The van der Waals surface area contributed by atoms with Gasteiger partial charge in [-0.25, -0.2) is 4.98 Å². The van der Waals surface area contributed by atoms with E-state index in [-0.39, 0.29) is 0 Å². The van der Waals surface area contributed by atoms with Crippen LogP contribution in [-0.2, 0) is 6.54 Å². The van der Waals surface area contributed by atoms with Crippen LogP contribution in [0.15, 0.2) is 70.0 Å². The molecule has 5 rings (SSSR count). The van der Waals surface area contributed by atoms with Gasteiger partial charge in [-0.2, -0.15) is 5.26 Å². The van der Waals surface area contributed by atoms with Crippen LogP contribution in [-0.4, -0.2) is 28.7 Å². The first-order valence-corrected chi connectivity index (χ1v) is 12.2. The van der Waals surface area contributed by atoms with Gasteiger partial charge >= 0.3 is 0 Å². The van der Waals surface area contributed by atoms with Crippen molar-refractivity contribution in [2.24, 2.45) is 0 Å². The van der Waals surface area contributed by atoms with Gasteiger partial charge in [0.1, 0.15) is 11.6 Å². The highest BCUT2D eigenvalue weighted by molar-refractivity contribution is 7.98. The maximum absolute atomic E-state index is 9.98. The van der Waals surface area contributed by atoms with Gasteiger partial charge in [0.2, 0.25) is 5.89 Å². The minimum Gasteiger partial charge on any atom is -0.436 e. The lowest BCUT2D eigenvalue weighted by Crippen LogP contribution is -2.26. The van der Waals surface area contributed by atoms with Gasteiger partial charge in [0.05, 0.1) is 11.1 Å². The predicted molar refractivity (Wildman–Crippen MR) is 130 cm³/mol. The van der Waals surface area contributed by atoms with Crippen LogP contribution >= 0.6 is 11.8 Å². The number of aromatic nitrogens is 1. The molecule has 0 N–H and O–H groups in total. The van der Waals surface area contributed by atoms with E-state index >= 15 is 0 Å². The van der Waals surface area contributed by atoms with Gasteiger partial charge in [0.25, 0.3) is 0 Å². The van der Waals surface area contributed by atoms with Crippen LogP contribution in [0.25, 0.3) is 33.7 Å². The summed E-state index contributed by atoms with van der Waals surface area (Å²) in [6.45, 7) is 4.39. The van der Waals surface area contributed by atoms with Crippen LogP contribution in [0.1, 0.15) is 30.9 Å². The van der Waals surface area contributed by atoms with Crippen molar-refractivity contribution >= 4 is 22.9 Å². The molecule has 0 spiro atoms. The molecule has 2 heterocycles. The Morgan fingerprint density at radius 1 is 1.12 bits per heavy atom. The van der Waals surface area contributed by atoms with Crippen molar-refractivity contribution in [1.82, 2.24) is 9.88 Å². The van der Waals surface area contributed by atoms with Gasteiger partial charge in [-0.3, -0.25) is 4.90 Å². The zero-order valence-corrected chi connectivity index (χ0v) is 19.2. The second-order valence-electron chi connectivity index (χ2n) is 8.32. The third-order valence-electron chi connectivity index (χ3n) is 6.35. The van der Waals surface area contributed by atoms with Crippen molar-refractivity contribution in [1.29, 1.82) is 5.26 Å². The maximum atomic E-state index is 9.98. The molecule has 0 aliphatic carbocycles. The molecule has 4 nitrogen and oxygen atoms in total. The molecule has 0 radical (unpaired) electrons. The standard InChI is InChI=1S/C27H25N3OS/c1-18-8-7-13-30(18)17-20-14-24-25(15-26(20)32-2)31-27(29-24)22-12-6-11-21(23(22)16-28)19-9-4-3-5-10-19/h3-6,9-12,14-15,18H,7-8,13,17H2,1-2H3/t18-/m1/s1. The lowest BCUT2D eigenvalue weighted by Gasteiger charge is -2.22. The highest BCUT2D eigenvalue weighted by Crippen LogP contribution is 2.35. The first-order chi connectivity index (χ1) is 15.7. The molecule has 1 aromatic heterocycles. The number of oxazole rings is 1. The molecule has 1 aliphatic heterocycles. The average molecular weight is 440 g/mol. The van der Waals surface area contributed by atoms with Gasteiger partial charge in [-0.1, -0.05) is 42.5 Å². The Morgan fingerprint density at radius 3 is 2.66 bits per heavy atom. The molecule has 5 heteroatoms. The minimum atomic E-state index is 0.494. The summed E-state index contributed by atoms with van der Waals surface area (Å²) in [5, 5.41) is 9.98. The molecule has 1 fully saturated rings. The monoisotopic (exact) mass is 439 g/mol. The number of nitrogens with zero attached hydrogens (tertiary/aromatic N) is 3. The third kappa shape index (κ3) is 3.81. The summed E-state index contributed by atoms with van der Waals surface area (Å²) in [4.78, 5) is 8.57. The molecule has 0 amide bonds. The summed E-state index contributed by atoms with van der Waals surface area (Å²) in [5.74, 6) is 0.494. The van der Waals surface area contributed by atoms with Crippen molar-refractivity contribution < 1.29 is 4.42 Å². The second kappa shape index (κ2) is 8.82. The van der Waals surface area contributed by atoms with Crippen LogP contribution in [0.5, 0.6) is 0 Å². The lowest BCUT2D eigenvalue weighted by molar-refractivity contribution is 0.258. The number of benzene rings is 3. The molecule has 0 bridgehead atoms. The Labute approximate surface area is 192 Å². The Bertz CT molecular complexity index is 1310. The van der Waals surface area contributed by atoms with E-state index in [1.54, 1.807) is 11.8 Å². The Morgan fingerprint density at radius 2 is 1.94 bits per heavy atom. The van der Waals surface area contributed by atoms with E-state index in [1.807, 2.05) is 48.5 Å². The predicted octanol–water partition coefficient (Wildman–Crippen LogP) is 6.74. The fourth-order valence-electron chi connectivity index (χ4n) is 4.58. The molecule has 1 saturated heterocycles. The van der Waals surface area contributed by atoms with Crippen LogP contribution in [0.3, 0.4) is 0 Å². The van der Waals surface area contributed by atoms with E-state index in [0.29, 0.717) is 17.5 Å². The van der Waals surface area contributed by atoms with Crippen molar-refractivity contribution in [3.8, 4) is 28.7 Å². The number of nitriles is 1. The molecule has 32 heavy (non-hydrogen) atoms. The Kier molecular flexibility index (Phi) is 5.73. The van der Waals surface area contributed by atoms with Crippen LogP contribution < -0.4 is 0 Å². The van der Waals surface area contributed by atoms with Crippen molar-refractivity contribution in [3.63, 3.8) is 0 Å². The van der Waals surface area contributed by atoms with Crippen molar-refractivity contribution in [3.05, 3.63) is 71.8 Å². The first-order valence-electron chi connectivity index (χ1n) is 11.0. The second-order valence-corrected chi connectivity index (χ2v) is 9.17. The van der Waals surface area contributed by atoms with Gasteiger partial charge < -0.3 is 4.42 Å². The lowest BCUT2D eigenvalue weighted by atomic mass is 9.96. The molecule has 0 saturated carbocycles. The molecule has 160 valence electrons. The first kappa shape index (κ1) is 20.8. The van der Waals surface area contributed by atoms with Crippen molar-refractivity contribution in [2.75, 3.05) is 12.8 Å². The highest BCUT2D eigenvalue weighted by Gasteiger charge is 2.22. The number of hydrogen-bond acceptors (Lipinski definition) is 5. The number of rotatable bonds is 5. The van der Waals surface area contributed by atoms with Gasteiger partial charge in [-0.15, -0.1) is 11.8 Å². The fraction of sp³-hybridized carbons (Fsp3) is 0.259. The maximum Gasteiger partial charge on any atom is 0.228 e. The smallest absolute Gasteiger partial charge is 0.228 e. The van der Waals surface area contributed by atoms with E-state index < -0.39 is 0 Å². The van der Waals surface area contributed by atoms with Gasteiger partial charge in [-0.05, 0) is 61.9 Å². The Hall–Kier alpha value is -3.07. The number of hydrogen-bond donors (Lipinski definition) is 0. The van der Waals surface area contributed by atoms with E-state index in [1.165, 1.54) is 23.3 Å². The Balaban J connectivity index is 1.58.